The first kappa shape index (κ1) is 22.5. The van der Waals surface area contributed by atoms with E-state index in [2.05, 4.69) is 0 Å². The molecule has 12 heteroatoms. The fourth-order valence-electron chi connectivity index (χ4n) is 2.25. The standard InChI is InChI=1S/C17H10ClF7N2O2/c18-12-4-2-1-3-11(12)13(28)27-14(29)26-10-7-5-9(6-8-10)15(19,16(20,21)22)17(23,24)25/h1-8H,(H2,26,27,28,29). The van der Waals surface area contributed by atoms with Gasteiger partial charge >= 0.3 is 24.1 Å². The number of carbonyl (C=O) groups excluding carboxylic acids is 2. The Bertz CT molecular complexity index is 897. The van der Waals surface area contributed by atoms with Gasteiger partial charge in [-0.1, -0.05) is 35.9 Å². The lowest BCUT2D eigenvalue weighted by molar-refractivity contribution is -0.348. The molecule has 2 N–H and O–H groups in total. The van der Waals surface area contributed by atoms with Gasteiger partial charge in [-0.05, 0) is 24.3 Å². The fourth-order valence-corrected chi connectivity index (χ4v) is 2.47. The molecule has 156 valence electrons. The number of halogens is 8. The first-order valence-electron chi connectivity index (χ1n) is 7.57. The highest BCUT2D eigenvalue weighted by Gasteiger charge is 2.73. The zero-order valence-electron chi connectivity index (χ0n) is 14.0. The van der Waals surface area contributed by atoms with Gasteiger partial charge in [0.05, 0.1) is 10.6 Å². The quantitative estimate of drug-likeness (QED) is 0.609. The number of alkyl halides is 7. The Kier molecular flexibility index (Phi) is 6.12. The van der Waals surface area contributed by atoms with Gasteiger partial charge < -0.3 is 5.32 Å². The molecule has 0 fully saturated rings. The Labute approximate surface area is 163 Å². The number of amides is 3. The van der Waals surface area contributed by atoms with E-state index < -0.39 is 35.5 Å². The zero-order chi connectivity index (χ0) is 22.0. The van der Waals surface area contributed by atoms with Crippen molar-refractivity contribution in [2.45, 2.75) is 18.0 Å². The van der Waals surface area contributed by atoms with Crippen LogP contribution in [0.4, 0.5) is 41.2 Å². The highest BCUT2D eigenvalue weighted by atomic mass is 35.5. The number of benzene rings is 2. The van der Waals surface area contributed by atoms with Gasteiger partial charge in [-0.25, -0.2) is 9.18 Å². The minimum Gasteiger partial charge on any atom is -0.308 e. The van der Waals surface area contributed by atoms with Crippen molar-refractivity contribution in [1.82, 2.24) is 5.32 Å². The molecule has 4 nitrogen and oxygen atoms in total. The second-order valence-electron chi connectivity index (χ2n) is 5.62. The second kappa shape index (κ2) is 7.90. The molecule has 29 heavy (non-hydrogen) atoms. The number of anilines is 1. The first-order chi connectivity index (χ1) is 13.3. The van der Waals surface area contributed by atoms with Gasteiger partial charge in [-0.3, -0.25) is 10.1 Å². The van der Waals surface area contributed by atoms with Gasteiger partial charge in [-0.2, -0.15) is 26.3 Å². The number of carbonyl (C=O) groups is 2. The first-order valence-corrected chi connectivity index (χ1v) is 7.95. The summed E-state index contributed by atoms with van der Waals surface area (Å²) in [5.41, 5.74) is -7.63. The van der Waals surface area contributed by atoms with E-state index in [9.17, 15) is 40.3 Å². The molecule has 3 amide bonds. The lowest BCUT2D eigenvalue weighted by Gasteiger charge is -2.30. The smallest absolute Gasteiger partial charge is 0.308 e. The van der Waals surface area contributed by atoms with Gasteiger partial charge in [0.25, 0.3) is 5.91 Å². The van der Waals surface area contributed by atoms with Crippen molar-refractivity contribution < 1.29 is 40.3 Å². The Morgan fingerprint density at radius 1 is 0.793 bits per heavy atom. The van der Waals surface area contributed by atoms with E-state index in [1.807, 2.05) is 10.6 Å². The summed E-state index contributed by atoms with van der Waals surface area (Å²) in [6, 6.07) is 6.28. The van der Waals surface area contributed by atoms with Crippen molar-refractivity contribution in [2.24, 2.45) is 0 Å². The summed E-state index contributed by atoms with van der Waals surface area (Å²) in [6.07, 6.45) is -12.5. The lowest BCUT2D eigenvalue weighted by Crippen LogP contribution is -2.50. The number of hydrogen-bond donors (Lipinski definition) is 2. The number of urea groups is 1. The van der Waals surface area contributed by atoms with Crippen LogP contribution in [0.25, 0.3) is 0 Å². The summed E-state index contributed by atoms with van der Waals surface area (Å²) in [7, 11) is 0. The minimum atomic E-state index is -6.25. The normalized spacial score (nSPS) is 12.4. The SMILES string of the molecule is O=C(NC(=O)c1ccccc1Cl)Nc1ccc(C(F)(C(F)(F)F)C(F)(F)F)cc1. The third kappa shape index (κ3) is 4.61. The summed E-state index contributed by atoms with van der Waals surface area (Å²) in [6.45, 7) is 0. The molecule has 2 aromatic rings. The molecule has 0 unspecified atom stereocenters. The molecule has 0 radical (unpaired) electrons. The van der Waals surface area contributed by atoms with Crippen molar-refractivity contribution in [1.29, 1.82) is 0 Å². The van der Waals surface area contributed by atoms with Crippen molar-refractivity contribution >= 4 is 29.2 Å². The number of hydrogen-bond acceptors (Lipinski definition) is 2. The van der Waals surface area contributed by atoms with Crippen LogP contribution >= 0.6 is 11.6 Å². The van der Waals surface area contributed by atoms with Crippen molar-refractivity contribution in [2.75, 3.05) is 5.32 Å². The van der Waals surface area contributed by atoms with Crippen LogP contribution in [-0.2, 0) is 5.67 Å². The van der Waals surface area contributed by atoms with Crippen LogP contribution < -0.4 is 10.6 Å². The van der Waals surface area contributed by atoms with Gasteiger partial charge in [-0.15, -0.1) is 0 Å². The van der Waals surface area contributed by atoms with Crippen molar-refractivity contribution in [3.8, 4) is 0 Å². The molecular formula is C17H10ClF7N2O2. The predicted octanol–water partition coefficient (Wildman–Crippen LogP) is 5.59. The van der Waals surface area contributed by atoms with E-state index in [1.54, 1.807) is 0 Å². The van der Waals surface area contributed by atoms with Crippen LogP contribution in [0.2, 0.25) is 5.02 Å². The second-order valence-corrected chi connectivity index (χ2v) is 6.03. The summed E-state index contributed by atoms with van der Waals surface area (Å²) < 4.78 is 90.2. The molecule has 0 saturated heterocycles. The highest BCUT2D eigenvalue weighted by Crippen LogP contribution is 2.53. The van der Waals surface area contributed by atoms with Gasteiger partial charge in [0, 0.05) is 11.3 Å². The van der Waals surface area contributed by atoms with Gasteiger partial charge in [0.1, 0.15) is 0 Å². The number of nitrogens with one attached hydrogen (secondary N) is 2. The van der Waals surface area contributed by atoms with E-state index in [0.29, 0.717) is 12.1 Å². The molecule has 2 aromatic carbocycles. The number of imide groups is 1. The maximum Gasteiger partial charge on any atom is 0.435 e. The Morgan fingerprint density at radius 3 is 1.79 bits per heavy atom. The van der Waals surface area contributed by atoms with Crippen molar-refractivity contribution in [3.05, 3.63) is 64.7 Å². The Balaban J connectivity index is 2.15. The molecule has 0 aromatic heterocycles. The minimum absolute atomic E-state index is 0.0424. The molecule has 0 aliphatic carbocycles. The van der Waals surface area contributed by atoms with Gasteiger partial charge in [0.2, 0.25) is 0 Å². The molecule has 0 spiro atoms. The van der Waals surface area contributed by atoms with E-state index in [-0.39, 0.29) is 28.4 Å². The zero-order valence-corrected chi connectivity index (χ0v) is 14.7. The molecular weight excluding hydrogens is 433 g/mol. The molecule has 0 heterocycles. The van der Waals surface area contributed by atoms with Crippen molar-refractivity contribution in [3.63, 3.8) is 0 Å². The lowest BCUT2D eigenvalue weighted by atomic mass is 9.94. The van der Waals surface area contributed by atoms with Crippen LogP contribution in [0.1, 0.15) is 15.9 Å². The van der Waals surface area contributed by atoms with E-state index in [1.165, 1.54) is 24.3 Å². The third-order valence-corrected chi connectivity index (χ3v) is 4.00. The summed E-state index contributed by atoms with van der Waals surface area (Å²) in [5, 5.41) is 3.93. The molecule has 2 rings (SSSR count). The maximum atomic E-state index is 13.9. The Morgan fingerprint density at radius 2 is 1.31 bits per heavy atom. The summed E-state index contributed by atoms with van der Waals surface area (Å²) in [4.78, 5) is 23.7. The maximum absolute atomic E-state index is 13.9. The topological polar surface area (TPSA) is 58.2 Å². The molecule has 0 saturated carbocycles. The van der Waals surface area contributed by atoms with E-state index in [4.69, 9.17) is 11.6 Å². The summed E-state index contributed by atoms with van der Waals surface area (Å²) in [5.74, 6) is -0.901. The molecule has 0 aliphatic heterocycles. The molecule has 0 bridgehead atoms. The van der Waals surface area contributed by atoms with Crippen LogP contribution in [0.5, 0.6) is 0 Å². The van der Waals surface area contributed by atoms with E-state index in [0.717, 1.165) is 0 Å². The van der Waals surface area contributed by atoms with E-state index >= 15 is 0 Å². The third-order valence-electron chi connectivity index (χ3n) is 3.67. The average molecular weight is 443 g/mol. The summed E-state index contributed by atoms with van der Waals surface area (Å²) >= 11 is 5.78. The molecule has 0 aliphatic rings. The molecule has 0 atom stereocenters. The largest absolute Gasteiger partial charge is 0.435 e. The van der Waals surface area contributed by atoms with Crippen LogP contribution in [0.3, 0.4) is 0 Å². The highest BCUT2D eigenvalue weighted by molar-refractivity contribution is 6.34. The number of rotatable bonds is 3. The average Bonchev–Trinajstić information content (AvgIpc) is 2.60. The monoisotopic (exact) mass is 442 g/mol. The Hall–Kier alpha value is -2.82. The van der Waals surface area contributed by atoms with Crippen LogP contribution in [-0.4, -0.2) is 24.3 Å². The van der Waals surface area contributed by atoms with Gasteiger partial charge in [0.15, 0.2) is 0 Å². The van der Waals surface area contributed by atoms with Crippen LogP contribution in [0.15, 0.2) is 48.5 Å². The predicted molar refractivity (Wildman–Crippen MR) is 89.3 cm³/mol. The fraction of sp³-hybridized carbons (Fsp3) is 0.176. The van der Waals surface area contributed by atoms with Crippen LogP contribution in [0, 0.1) is 0 Å².